The lowest BCUT2D eigenvalue weighted by molar-refractivity contribution is -0.298. The maximum atomic E-state index is 12.0. The van der Waals surface area contributed by atoms with Crippen LogP contribution < -0.4 is 10.4 Å². The van der Waals surface area contributed by atoms with E-state index < -0.39 is 19.5 Å². The van der Waals surface area contributed by atoms with E-state index in [0.29, 0.717) is 39.3 Å². The Balaban J connectivity index is 0.921. The van der Waals surface area contributed by atoms with Gasteiger partial charge in [0, 0.05) is 26.1 Å². The van der Waals surface area contributed by atoms with Crippen molar-refractivity contribution in [1.82, 2.24) is 0 Å². The van der Waals surface area contributed by atoms with Crippen LogP contribution in [-0.4, -0.2) is 86.7 Å². The zero-order valence-electron chi connectivity index (χ0n) is 38.4. The number of aliphatic hydroxyl groups is 1. The van der Waals surface area contributed by atoms with Crippen molar-refractivity contribution >= 4 is 18.7 Å². The van der Waals surface area contributed by atoms with Crippen LogP contribution in [0.25, 0.3) is 0 Å². The summed E-state index contributed by atoms with van der Waals surface area (Å²) in [6, 6.07) is 42.3. The lowest BCUT2D eigenvalue weighted by atomic mass is 9.81. The summed E-state index contributed by atoms with van der Waals surface area (Å²) in [7, 11) is -2.67. The predicted molar refractivity (Wildman–Crippen MR) is 251 cm³/mol. The molecule has 4 saturated heterocycles. The summed E-state index contributed by atoms with van der Waals surface area (Å²) in [5, 5.41) is 14.4. The predicted octanol–water partition coefficient (Wildman–Crippen LogP) is 9.48. The molecule has 8 nitrogen and oxygen atoms in total. The van der Waals surface area contributed by atoms with Crippen LogP contribution in [0.4, 0.5) is 0 Å². The number of hydrogen-bond donors (Lipinski definition) is 1. The van der Waals surface area contributed by atoms with Crippen LogP contribution in [0, 0.1) is 0 Å². The highest BCUT2D eigenvalue weighted by Crippen LogP contribution is 2.47. The van der Waals surface area contributed by atoms with Crippen LogP contribution in [-0.2, 0) is 46.1 Å². The number of rotatable bonds is 16. The van der Waals surface area contributed by atoms with Gasteiger partial charge in [-0.05, 0) is 91.8 Å². The number of ether oxygens (including phenoxy) is 6. The molecule has 10 atom stereocenters. The highest BCUT2D eigenvalue weighted by atomic mass is 28.4. The molecule has 0 unspecified atom stereocenters. The maximum absolute atomic E-state index is 12.0. The van der Waals surface area contributed by atoms with Gasteiger partial charge in [0.05, 0.1) is 67.1 Å². The third kappa shape index (κ3) is 10.9. The molecule has 0 radical (unpaired) electrons. The Kier molecular flexibility index (Phi) is 15.1. The SMILES string of the molecule is CC(C)(C)[Si](OCCC[C@H]1O[C@H]2CC[C@@]3(C)O[C@H]4[C@@H](OCc5ccccc5)C[C@@H](CCCOCc5ccccc5)O[C@@H]4C[C@@H]3O[C@@H]2CC[C@@]1(C)O)(c1ccccc1)c1ccccc1. The summed E-state index contributed by atoms with van der Waals surface area (Å²) in [6.07, 6.45) is 6.48. The van der Waals surface area contributed by atoms with Crippen LogP contribution in [0.5, 0.6) is 0 Å². The van der Waals surface area contributed by atoms with Gasteiger partial charge in [0.1, 0.15) is 6.10 Å². The first-order valence-corrected chi connectivity index (χ1v) is 25.7. The first-order valence-electron chi connectivity index (χ1n) is 23.8. The van der Waals surface area contributed by atoms with E-state index in [1.807, 2.05) is 19.1 Å². The Labute approximate surface area is 378 Å². The summed E-state index contributed by atoms with van der Waals surface area (Å²) in [5.41, 5.74) is 0.833. The minimum atomic E-state index is -2.67. The topological polar surface area (TPSA) is 84.8 Å². The molecular weight excluding hydrogens is 805 g/mol. The zero-order chi connectivity index (χ0) is 43.9. The molecule has 340 valence electrons. The fourth-order valence-corrected chi connectivity index (χ4v) is 15.4. The van der Waals surface area contributed by atoms with Crippen LogP contribution in [0.15, 0.2) is 121 Å². The van der Waals surface area contributed by atoms with E-state index in [0.717, 1.165) is 56.9 Å². The molecule has 4 aliphatic heterocycles. The number of fused-ring (bicyclic) bond motifs is 3. The normalized spacial score (nSPS) is 31.2. The van der Waals surface area contributed by atoms with E-state index in [-0.39, 0.29) is 53.9 Å². The van der Waals surface area contributed by atoms with Crippen LogP contribution in [0.1, 0.15) is 110 Å². The molecule has 0 spiro atoms. The molecule has 4 fully saturated rings. The Hall–Kier alpha value is -3.22. The third-order valence-electron chi connectivity index (χ3n) is 14.4. The molecule has 0 amide bonds. The van der Waals surface area contributed by atoms with E-state index in [9.17, 15) is 5.11 Å². The maximum Gasteiger partial charge on any atom is 0.261 e. The fourth-order valence-electron chi connectivity index (χ4n) is 10.8. The Morgan fingerprint density at radius 2 is 1.22 bits per heavy atom. The van der Waals surface area contributed by atoms with Crippen molar-refractivity contribution < 1.29 is 38.0 Å². The Bertz CT molecular complexity index is 1940. The number of hydrogen-bond acceptors (Lipinski definition) is 8. The third-order valence-corrected chi connectivity index (χ3v) is 19.4. The molecule has 0 bridgehead atoms. The second kappa shape index (κ2) is 20.5. The van der Waals surface area contributed by atoms with Crippen molar-refractivity contribution in [2.75, 3.05) is 13.2 Å². The minimum absolute atomic E-state index is 0.0384. The molecule has 4 aromatic carbocycles. The van der Waals surface area contributed by atoms with Crippen molar-refractivity contribution in [3.05, 3.63) is 132 Å². The van der Waals surface area contributed by atoms with E-state index >= 15 is 0 Å². The summed E-state index contributed by atoms with van der Waals surface area (Å²) in [4.78, 5) is 0. The number of benzene rings is 4. The van der Waals surface area contributed by atoms with Gasteiger partial charge in [-0.15, -0.1) is 0 Å². The Morgan fingerprint density at radius 1 is 0.651 bits per heavy atom. The molecule has 1 N–H and O–H groups in total. The Morgan fingerprint density at radius 3 is 1.86 bits per heavy atom. The van der Waals surface area contributed by atoms with E-state index in [1.165, 1.54) is 15.9 Å². The molecule has 63 heavy (non-hydrogen) atoms. The first-order chi connectivity index (χ1) is 30.4. The molecule has 9 heteroatoms. The van der Waals surface area contributed by atoms with Crippen molar-refractivity contribution in [3.63, 3.8) is 0 Å². The molecular formula is C54H72O8Si. The standard InChI is InChI=1S/C54H72O8Si/c1-52(2,3)63(43-25-14-8-15-26-43,44-27-16-9-17-28-44)58-35-19-29-49-53(4,55)32-30-45-46(60-49)31-33-54(5)50(61-45)37-48-51(62-54)47(57-39-41-22-12-7-13-23-41)36-42(59-48)24-18-34-56-38-40-20-10-6-11-21-40/h6-17,20-23,25-28,42,45-51,55H,18-19,24,29-39H2,1-5H3/t42-,45-,46+,47+,48-,49-,50+,51+,53-,54-/m1/s1. The van der Waals surface area contributed by atoms with E-state index in [4.69, 9.17) is 32.8 Å². The monoisotopic (exact) mass is 876 g/mol. The van der Waals surface area contributed by atoms with Gasteiger partial charge in [0.2, 0.25) is 0 Å². The molecule has 4 aromatic rings. The smallest absolute Gasteiger partial charge is 0.261 e. The van der Waals surface area contributed by atoms with Gasteiger partial charge >= 0.3 is 0 Å². The van der Waals surface area contributed by atoms with Gasteiger partial charge in [0.15, 0.2) is 0 Å². The minimum Gasteiger partial charge on any atom is -0.407 e. The molecule has 0 saturated carbocycles. The van der Waals surface area contributed by atoms with Gasteiger partial charge in [-0.25, -0.2) is 0 Å². The van der Waals surface area contributed by atoms with Crippen LogP contribution in [0.3, 0.4) is 0 Å². The summed E-state index contributed by atoms with van der Waals surface area (Å²) >= 11 is 0. The van der Waals surface area contributed by atoms with Gasteiger partial charge in [-0.2, -0.15) is 0 Å². The summed E-state index contributed by atoms with van der Waals surface area (Å²) in [5.74, 6) is 0. The van der Waals surface area contributed by atoms with Gasteiger partial charge in [-0.1, -0.05) is 142 Å². The van der Waals surface area contributed by atoms with Crippen molar-refractivity contribution in [3.8, 4) is 0 Å². The van der Waals surface area contributed by atoms with Crippen LogP contribution in [0.2, 0.25) is 5.04 Å². The largest absolute Gasteiger partial charge is 0.407 e. The second-order valence-corrected chi connectivity index (χ2v) is 24.4. The molecule has 0 aromatic heterocycles. The average molecular weight is 877 g/mol. The lowest BCUT2D eigenvalue weighted by Gasteiger charge is -2.52. The molecule has 4 aliphatic rings. The quantitative estimate of drug-likeness (QED) is 0.0881. The molecule has 4 heterocycles. The van der Waals surface area contributed by atoms with Crippen molar-refractivity contribution in [1.29, 1.82) is 0 Å². The van der Waals surface area contributed by atoms with Gasteiger partial charge < -0.3 is 38.0 Å². The van der Waals surface area contributed by atoms with Gasteiger partial charge in [0.25, 0.3) is 8.32 Å². The summed E-state index contributed by atoms with van der Waals surface area (Å²) in [6.45, 7) is 13.5. The highest BCUT2D eigenvalue weighted by Gasteiger charge is 2.56. The fraction of sp³-hybridized carbons (Fsp3) is 0.556. The van der Waals surface area contributed by atoms with E-state index in [2.05, 4.69) is 137 Å². The zero-order valence-corrected chi connectivity index (χ0v) is 39.4. The first kappa shape index (κ1) is 46.3. The van der Waals surface area contributed by atoms with Crippen molar-refractivity contribution in [2.45, 2.75) is 177 Å². The molecule has 8 rings (SSSR count). The van der Waals surface area contributed by atoms with E-state index in [1.54, 1.807) is 0 Å². The highest BCUT2D eigenvalue weighted by molar-refractivity contribution is 6.99. The summed E-state index contributed by atoms with van der Waals surface area (Å²) < 4.78 is 48.3. The average Bonchev–Trinajstić information content (AvgIpc) is 3.49. The van der Waals surface area contributed by atoms with Crippen molar-refractivity contribution in [2.24, 2.45) is 0 Å². The van der Waals surface area contributed by atoms with Gasteiger partial charge in [-0.3, -0.25) is 0 Å². The van der Waals surface area contributed by atoms with Crippen LogP contribution >= 0.6 is 0 Å². The second-order valence-electron chi connectivity index (χ2n) is 20.1. The lowest BCUT2D eigenvalue weighted by Crippen LogP contribution is -2.66. The molecule has 0 aliphatic carbocycles.